The predicted molar refractivity (Wildman–Crippen MR) is 125 cm³/mol. The van der Waals surface area contributed by atoms with E-state index in [1.807, 2.05) is 0 Å². The van der Waals surface area contributed by atoms with Crippen LogP contribution in [0.25, 0.3) is 0 Å². The maximum Gasteiger partial charge on any atom is 0.276 e. The number of ether oxygens (including phenoxy) is 2. The predicted octanol–water partition coefficient (Wildman–Crippen LogP) is 4.13. The van der Waals surface area contributed by atoms with E-state index in [-0.39, 0.29) is 16.7 Å². The molecule has 0 aliphatic heterocycles. The molecule has 2 aromatic carbocycles. The molecule has 0 unspecified atom stereocenters. The fourth-order valence-corrected chi connectivity index (χ4v) is 2.83. The lowest BCUT2D eigenvalue weighted by Gasteiger charge is -2.12. The van der Waals surface area contributed by atoms with E-state index < -0.39 is 11.8 Å². The van der Waals surface area contributed by atoms with Crippen LogP contribution in [-0.2, 0) is 4.79 Å². The van der Waals surface area contributed by atoms with E-state index in [9.17, 15) is 9.59 Å². The lowest BCUT2D eigenvalue weighted by Crippen LogP contribution is -2.49. The van der Waals surface area contributed by atoms with Gasteiger partial charge in [-0.25, -0.2) is 0 Å². The Labute approximate surface area is 196 Å². The van der Waals surface area contributed by atoms with Gasteiger partial charge in [0.25, 0.3) is 11.8 Å². The molecule has 0 fully saturated rings. The van der Waals surface area contributed by atoms with Crippen molar-refractivity contribution in [3.8, 4) is 11.5 Å². The van der Waals surface area contributed by atoms with Gasteiger partial charge in [-0.3, -0.25) is 25.8 Å². The zero-order chi connectivity index (χ0) is 22.8. The first-order valence-corrected chi connectivity index (χ1v) is 10.6. The van der Waals surface area contributed by atoms with Crippen LogP contribution in [0.2, 0.25) is 10.0 Å². The molecule has 7 nitrogen and oxygen atoms in total. The summed E-state index contributed by atoms with van der Waals surface area (Å²) >= 11 is 16.8. The summed E-state index contributed by atoms with van der Waals surface area (Å²) in [5, 5.41) is 3.14. The third-order valence-electron chi connectivity index (χ3n) is 3.88. The summed E-state index contributed by atoms with van der Waals surface area (Å²) in [6, 6.07) is 11.3. The SMILES string of the molecule is CC(C)CCOc1ccc(C(=O)NC(=S)NNC(=O)COc2ccc(Cl)cc2Cl)cc1. The molecule has 2 aromatic rings. The number of thiocarbonyl (C=S) groups is 1. The number of halogens is 2. The van der Waals surface area contributed by atoms with Crippen LogP contribution in [0.15, 0.2) is 42.5 Å². The van der Waals surface area contributed by atoms with Gasteiger partial charge in [0.15, 0.2) is 11.7 Å². The van der Waals surface area contributed by atoms with Crippen LogP contribution in [-0.4, -0.2) is 30.1 Å². The number of amides is 2. The van der Waals surface area contributed by atoms with Crippen LogP contribution in [0.4, 0.5) is 0 Å². The molecule has 0 heterocycles. The van der Waals surface area contributed by atoms with Crippen molar-refractivity contribution < 1.29 is 19.1 Å². The number of carbonyl (C=O) groups excluding carboxylic acids is 2. The number of carbonyl (C=O) groups is 2. The maximum atomic E-state index is 12.2. The van der Waals surface area contributed by atoms with Gasteiger partial charge in [-0.15, -0.1) is 0 Å². The monoisotopic (exact) mass is 483 g/mol. The Morgan fingerprint density at radius 1 is 1.03 bits per heavy atom. The highest BCUT2D eigenvalue weighted by Crippen LogP contribution is 2.27. The summed E-state index contributed by atoms with van der Waals surface area (Å²) in [6.07, 6.45) is 0.950. The Hall–Kier alpha value is -2.55. The number of rotatable bonds is 8. The molecule has 0 aliphatic carbocycles. The molecule has 0 bridgehead atoms. The van der Waals surface area contributed by atoms with Gasteiger partial charge in [-0.2, -0.15) is 0 Å². The second-order valence-corrected chi connectivity index (χ2v) is 8.13. The first kappa shape index (κ1) is 24.7. The summed E-state index contributed by atoms with van der Waals surface area (Å²) in [7, 11) is 0. The first-order valence-electron chi connectivity index (χ1n) is 9.45. The topological polar surface area (TPSA) is 88.7 Å². The Kier molecular flexibility index (Phi) is 9.84. The van der Waals surface area contributed by atoms with Crippen molar-refractivity contribution in [3.63, 3.8) is 0 Å². The lowest BCUT2D eigenvalue weighted by atomic mass is 10.1. The molecule has 0 aromatic heterocycles. The van der Waals surface area contributed by atoms with E-state index in [4.69, 9.17) is 44.9 Å². The van der Waals surface area contributed by atoms with Gasteiger partial charge in [0.05, 0.1) is 11.6 Å². The minimum atomic E-state index is -0.523. The number of hydrazine groups is 1. The molecule has 0 spiro atoms. The third kappa shape index (κ3) is 9.00. The van der Waals surface area contributed by atoms with Gasteiger partial charge in [0.2, 0.25) is 0 Å². The summed E-state index contributed by atoms with van der Waals surface area (Å²) in [6.45, 7) is 4.55. The average Bonchev–Trinajstić information content (AvgIpc) is 2.72. The zero-order valence-corrected chi connectivity index (χ0v) is 19.4. The van der Waals surface area contributed by atoms with E-state index in [0.717, 1.165) is 6.42 Å². The van der Waals surface area contributed by atoms with Gasteiger partial charge >= 0.3 is 0 Å². The molecule has 31 heavy (non-hydrogen) atoms. The molecule has 166 valence electrons. The summed E-state index contributed by atoms with van der Waals surface area (Å²) in [5.41, 5.74) is 5.15. The Balaban J connectivity index is 1.72. The molecular weight excluding hydrogens is 461 g/mol. The van der Waals surface area contributed by atoms with Crippen LogP contribution < -0.4 is 25.6 Å². The molecular formula is C21H23Cl2N3O4S. The standard InChI is InChI=1S/C21H23Cl2N3O4S/c1-13(2)9-10-29-16-6-3-14(4-7-16)20(28)24-21(31)26-25-19(27)12-30-18-8-5-15(22)11-17(18)23/h3-8,11,13H,9-10,12H2,1-2H3,(H,25,27)(H2,24,26,28,31). The molecule has 0 atom stereocenters. The number of hydrogen-bond acceptors (Lipinski definition) is 5. The number of benzene rings is 2. The molecule has 0 saturated carbocycles. The lowest BCUT2D eigenvalue weighted by molar-refractivity contribution is -0.123. The van der Waals surface area contributed by atoms with Crippen molar-refractivity contribution in [2.75, 3.05) is 13.2 Å². The quantitative estimate of drug-likeness (QED) is 0.386. The minimum absolute atomic E-state index is 0.0693. The van der Waals surface area contributed by atoms with E-state index in [0.29, 0.717) is 34.6 Å². The fourth-order valence-electron chi connectivity index (χ4n) is 2.22. The molecule has 3 N–H and O–H groups in total. The highest BCUT2D eigenvalue weighted by Gasteiger charge is 2.10. The second kappa shape index (κ2) is 12.3. The largest absolute Gasteiger partial charge is 0.494 e. The van der Waals surface area contributed by atoms with Crippen molar-refractivity contribution in [2.45, 2.75) is 20.3 Å². The normalized spacial score (nSPS) is 10.4. The van der Waals surface area contributed by atoms with Crippen molar-refractivity contribution in [2.24, 2.45) is 5.92 Å². The molecule has 10 heteroatoms. The fraction of sp³-hybridized carbons (Fsp3) is 0.286. The molecule has 2 amide bonds. The highest BCUT2D eigenvalue weighted by atomic mass is 35.5. The van der Waals surface area contributed by atoms with Gasteiger partial charge in [0.1, 0.15) is 11.5 Å². The Bertz CT molecular complexity index is 923. The molecule has 2 rings (SSSR count). The van der Waals surface area contributed by atoms with E-state index in [2.05, 4.69) is 30.0 Å². The van der Waals surface area contributed by atoms with E-state index in [1.165, 1.54) is 6.07 Å². The van der Waals surface area contributed by atoms with Gasteiger partial charge in [0, 0.05) is 10.6 Å². The Morgan fingerprint density at radius 2 is 1.74 bits per heavy atom. The van der Waals surface area contributed by atoms with Gasteiger partial charge < -0.3 is 9.47 Å². The molecule has 0 saturated heterocycles. The molecule has 0 radical (unpaired) electrons. The maximum absolute atomic E-state index is 12.2. The van der Waals surface area contributed by atoms with Gasteiger partial charge in [-0.1, -0.05) is 37.0 Å². The van der Waals surface area contributed by atoms with Crippen LogP contribution in [0.3, 0.4) is 0 Å². The number of nitrogens with one attached hydrogen (secondary N) is 3. The molecule has 0 aliphatic rings. The van der Waals surface area contributed by atoms with Crippen LogP contribution in [0.5, 0.6) is 11.5 Å². The second-order valence-electron chi connectivity index (χ2n) is 6.88. The van der Waals surface area contributed by atoms with Crippen molar-refractivity contribution in [1.29, 1.82) is 0 Å². The summed E-state index contributed by atoms with van der Waals surface area (Å²) in [5.74, 6) is 0.607. The first-order chi connectivity index (χ1) is 14.7. The summed E-state index contributed by atoms with van der Waals surface area (Å²) in [4.78, 5) is 24.1. The minimum Gasteiger partial charge on any atom is -0.494 e. The number of hydrogen-bond donors (Lipinski definition) is 3. The third-order valence-corrected chi connectivity index (χ3v) is 4.61. The van der Waals surface area contributed by atoms with Gasteiger partial charge in [-0.05, 0) is 67.0 Å². The summed E-state index contributed by atoms with van der Waals surface area (Å²) < 4.78 is 10.9. The van der Waals surface area contributed by atoms with Crippen LogP contribution >= 0.6 is 35.4 Å². The van der Waals surface area contributed by atoms with E-state index in [1.54, 1.807) is 36.4 Å². The van der Waals surface area contributed by atoms with Crippen molar-refractivity contribution in [1.82, 2.24) is 16.2 Å². The zero-order valence-electron chi connectivity index (χ0n) is 17.0. The average molecular weight is 484 g/mol. The Morgan fingerprint density at radius 3 is 2.39 bits per heavy atom. The highest BCUT2D eigenvalue weighted by molar-refractivity contribution is 7.80. The van der Waals surface area contributed by atoms with Crippen molar-refractivity contribution in [3.05, 3.63) is 58.1 Å². The van der Waals surface area contributed by atoms with Crippen molar-refractivity contribution >= 4 is 52.3 Å². The van der Waals surface area contributed by atoms with Crippen LogP contribution in [0, 0.1) is 5.92 Å². The smallest absolute Gasteiger partial charge is 0.276 e. The van der Waals surface area contributed by atoms with E-state index >= 15 is 0 Å². The van der Waals surface area contributed by atoms with Crippen LogP contribution in [0.1, 0.15) is 30.6 Å².